The van der Waals surface area contributed by atoms with E-state index in [4.69, 9.17) is 0 Å². The molecule has 0 saturated carbocycles. The molecule has 0 saturated heterocycles. The first-order valence-corrected chi connectivity index (χ1v) is 8.28. The van der Waals surface area contributed by atoms with Crippen molar-refractivity contribution in [3.05, 3.63) is 72.3 Å². The molecule has 3 aromatic rings. The van der Waals surface area contributed by atoms with E-state index < -0.39 is 16.0 Å². The summed E-state index contributed by atoms with van der Waals surface area (Å²) in [7, 11) is -3.90. The number of sulfonamides is 1. The van der Waals surface area contributed by atoms with Crippen molar-refractivity contribution in [3.63, 3.8) is 0 Å². The lowest BCUT2D eigenvalue weighted by Crippen LogP contribution is -2.24. The number of nitrogens with one attached hydrogen (secondary N) is 1. The average molecular weight is 326 g/mol. The molecule has 5 nitrogen and oxygen atoms in total. The van der Waals surface area contributed by atoms with Crippen molar-refractivity contribution in [3.8, 4) is 0 Å². The molecule has 0 amide bonds. The predicted octanol–water partition coefficient (Wildman–Crippen LogP) is 2.00. The number of rotatable bonds is 4. The van der Waals surface area contributed by atoms with Gasteiger partial charge in [0.1, 0.15) is 0 Å². The van der Waals surface area contributed by atoms with Crippen LogP contribution in [-0.4, -0.2) is 14.4 Å². The second kappa shape index (κ2) is 5.73. The van der Waals surface area contributed by atoms with Crippen molar-refractivity contribution in [2.24, 2.45) is 0 Å². The summed E-state index contributed by atoms with van der Waals surface area (Å²) >= 11 is 0. The number of hydrogen-bond donors (Lipinski definition) is 1. The number of carboxylic acid groups (broad SMARTS) is 1. The molecule has 0 spiro atoms. The maximum absolute atomic E-state index is 12.5. The van der Waals surface area contributed by atoms with Crippen LogP contribution in [0.15, 0.2) is 71.6 Å². The molecule has 0 aliphatic rings. The Morgan fingerprint density at radius 3 is 2.26 bits per heavy atom. The highest BCUT2D eigenvalue weighted by molar-refractivity contribution is 7.92. The van der Waals surface area contributed by atoms with Gasteiger partial charge < -0.3 is 9.90 Å². The number of fused-ring (bicyclic) bond motifs is 1. The molecule has 0 aliphatic carbocycles. The van der Waals surface area contributed by atoms with E-state index in [1.807, 2.05) is 24.3 Å². The summed E-state index contributed by atoms with van der Waals surface area (Å²) < 4.78 is 27.3. The number of carbonyl (C=O) groups excluding carboxylic acids is 1. The molecule has 0 bridgehead atoms. The van der Waals surface area contributed by atoms with Crippen molar-refractivity contribution in [2.45, 2.75) is 4.90 Å². The summed E-state index contributed by atoms with van der Waals surface area (Å²) in [5.41, 5.74) is -0.238. The zero-order valence-electron chi connectivity index (χ0n) is 11.9. The summed E-state index contributed by atoms with van der Waals surface area (Å²) in [6.45, 7) is 0. The van der Waals surface area contributed by atoms with Crippen molar-refractivity contribution in [1.82, 2.24) is 0 Å². The minimum Gasteiger partial charge on any atom is -0.545 e. The van der Waals surface area contributed by atoms with E-state index in [2.05, 4.69) is 4.72 Å². The van der Waals surface area contributed by atoms with Crippen LogP contribution in [0.2, 0.25) is 0 Å². The van der Waals surface area contributed by atoms with Crippen LogP contribution in [0, 0.1) is 0 Å². The number of carboxylic acids is 1. The summed E-state index contributed by atoms with van der Waals surface area (Å²) in [5.74, 6) is -1.44. The van der Waals surface area contributed by atoms with E-state index >= 15 is 0 Å². The monoisotopic (exact) mass is 326 g/mol. The van der Waals surface area contributed by atoms with Gasteiger partial charge in [-0.3, -0.25) is 4.72 Å². The maximum atomic E-state index is 12.5. The second-order valence-electron chi connectivity index (χ2n) is 4.95. The number of anilines is 1. The SMILES string of the molecule is O=C([O-])c1ccccc1NS(=O)(=O)c1ccc2ccccc2c1. The van der Waals surface area contributed by atoms with E-state index in [0.717, 1.165) is 10.8 Å². The highest BCUT2D eigenvalue weighted by atomic mass is 32.2. The lowest BCUT2D eigenvalue weighted by molar-refractivity contribution is -0.254. The molecule has 116 valence electrons. The van der Waals surface area contributed by atoms with Gasteiger partial charge in [-0.15, -0.1) is 0 Å². The molecule has 1 N–H and O–H groups in total. The molecule has 6 heteroatoms. The highest BCUT2D eigenvalue weighted by Crippen LogP contribution is 2.23. The van der Waals surface area contributed by atoms with E-state index in [-0.39, 0.29) is 16.1 Å². The fraction of sp³-hybridized carbons (Fsp3) is 0. The Kier molecular flexibility index (Phi) is 3.75. The van der Waals surface area contributed by atoms with Crippen LogP contribution >= 0.6 is 0 Å². The fourth-order valence-electron chi connectivity index (χ4n) is 2.29. The number of carbonyl (C=O) groups is 1. The quantitative estimate of drug-likeness (QED) is 0.794. The third kappa shape index (κ3) is 3.02. The lowest BCUT2D eigenvalue weighted by atomic mass is 10.1. The maximum Gasteiger partial charge on any atom is 0.261 e. The molecule has 0 aliphatic heterocycles. The first-order valence-electron chi connectivity index (χ1n) is 6.79. The van der Waals surface area contributed by atoms with Crippen molar-refractivity contribution in [1.29, 1.82) is 0 Å². The Labute approximate surface area is 133 Å². The van der Waals surface area contributed by atoms with Gasteiger partial charge in [0.25, 0.3) is 10.0 Å². The lowest BCUT2D eigenvalue weighted by Gasteiger charge is -2.13. The number of hydrogen-bond acceptors (Lipinski definition) is 4. The largest absolute Gasteiger partial charge is 0.545 e. The second-order valence-corrected chi connectivity index (χ2v) is 6.63. The predicted molar refractivity (Wildman–Crippen MR) is 85.5 cm³/mol. The zero-order chi connectivity index (χ0) is 16.4. The van der Waals surface area contributed by atoms with Crippen LogP contribution in [0.1, 0.15) is 10.4 Å². The Morgan fingerprint density at radius 2 is 1.52 bits per heavy atom. The van der Waals surface area contributed by atoms with E-state index in [9.17, 15) is 18.3 Å². The molecule has 0 radical (unpaired) electrons. The summed E-state index contributed by atoms with van der Waals surface area (Å²) in [6.07, 6.45) is 0. The van der Waals surface area contributed by atoms with E-state index in [1.165, 1.54) is 24.3 Å². The Bertz CT molecular complexity index is 996. The van der Waals surface area contributed by atoms with Gasteiger partial charge in [-0.25, -0.2) is 8.42 Å². The first-order chi connectivity index (χ1) is 11.0. The molecule has 0 heterocycles. The van der Waals surface area contributed by atoms with E-state index in [1.54, 1.807) is 18.2 Å². The molecular weight excluding hydrogens is 314 g/mol. The number of para-hydroxylation sites is 1. The van der Waals surface area contributed by atoms with Crippen LogP contribution in [-0.2, 0) is 10.0 Å². The molecule has 0 aromatic heterocycles. The topological polar surface area (TPSA) is 86.3 Å². The first kappa shape index (κ1) is 15.1. The Morgan fingerprint density at radius 1 is 0.870 bits per heavy atom. The van der Waals surface area contributed by atoms with Gasteiger partial charge in [-0.1, -0.05) is 48.5 Å². The third-order valence-corrected chi connectivity index (χ3v) is 4.79. The summed E-state index contributed by atoms with van der Waals surface area (Å²) in [6, 6.07) is 17.8. The van der Waals surface area contributed by atoms with Crippen LogP contribution in [0.3, 0.4) is 0 Å². The Hall–Kier alpha value is -2.86. The van der Waals surface area contributed by atoms with Gasteiger partial charge in [0.2, 0.25) is 0 Å². The molecule has 3 rings (SSSR count). The van der Waals surface area contributed by atoms with Crippen molar-refractivity contribution >= 4 is 32.5 Å². The van der Waals surface area contributed by atoms with Crippen molar-refractivity contribution < 1.29 is 18.3 Å². The van der Waals surface area contributed by atoms with Gasteiger partial charge in [-0.2, -0.15) is 0 Å². The molecular formula is C17H12NO4S-. The molecule has 0 atom stereocenters. The van der Waals surface area contributed by atoms with Gasteiger partial charge in [0.05, 0.1) is 16.6 Å². The normalized spacial score (nSPS) is 11.3. The summed E-state index contributed by atoms with van der Waals surface area (Å²) in [4.78, 5) is 11.1. The van der Waals surface area contributed by atoms with Gasteiger partial charge in [-0.05, 0) is 29.0 Å². The molecule has 23 heavy (non-hydrogen) atoms. The van der Waals surface area contributed by atoms with Gasteiger partial charge >= 0.3 is 0 Å². The highest BCUT2D eigenvalue weighted by Gasteiger charge is 2.16. The molecule has 0 unspecified atom stereocenters. The summed E-state index contributed by atoms with van der Waals surface area (Å²) in [5, 5.41) is 12.8. The van der Waals surface area contributed by atoms with Crippen LogP contribution in [0.25, 0.3) is 10.8 Å². The van der Waals surface area contributed by atoms with Crippen LogP contribution in [0.5, 0.6) is 0 Å². The minimum absolute atomic E-state index is 0.0272. The van der Waals surface area contributed by atoms with Crippen LogP contribution in [0.4, 0.5) is 5.69 Å². The number of aromatic carboxylic acids is 1. The average Bonchev–Trinajstić information content (AvgIpc) is 2.54. The number of benzene rings is 3. The smallest absolute Gasteiger partial charge is 0.261 e. The van der Waals surface area contributed by atoms with Gasteiger partial charge in [0.15, 0.2) is 0 Å². The minimum atomic E-state index is -3.90. The van der Waals surface area contributed by atoms with E-state index in [0.29, 0.717) is 0 Å². The zero-order valence-corrected chi connectivity index (χ0v) is 12.7. The standard InChI is InChI=1S/C17H13NO4S/c19-17(20)15-7-3-4-8-16(15)18-23(21,22)14-10-9-12-5-1-2-6-13(12)11-14/h1-11,18H,(H,19,20)/p-1. The van der Waals surface area contributed by atoms with Gasteiger partial charge in [0, 0.05) is 5.56 Å². The fourth-order valence-corrected chi connectivity index (χ4v) is 3.40. The van der Waals surface area contributed by atoms with Crippen molar-refractivity contribution in [2.75, 3.05) is 4.72 Å². The Balaban J connectivity index is 2.03. The molecule has 0 fully saturated rings. The van der Waals surface area contributed by atoms with Crippen LogP contribution < -0.4 is 9.83 Å². The molecule has 3 aromatic carbocycles. The third-order valence-electron chi connectivity index (χ3n) is 3.42.